The molecule has 0 saturated carbocycles. The average molecular weight is 263 g/mol. The zero-order chi connectivity index (χ0) is 12.4. The summed E-state index contributed by atoms with van der Waals surface area (Å²) in [7, 11) is 0. The van der Waals surface area contributed by atoms with E-state index in [-0.39, 0.29) is 6.04 Å². The Morgan fingerprint density at radius 3 is 3.11 bits per heavy atom. The number of aromatic nitrogens is 2. The van der Waals surface area contributed by atoms with Gasteiger partial charge in [0.15, 0.2) is 5.82 Å². The van der Waals surface area contributed by atoms with E-state index in [1.807, 2.05) is 0 Å². The van der Waals surface area contributed by atoms with Crippen LogP contribution in [0.15, 0.2) is 15.3 Å². The molecule has 1 fully saturated rings. The maximum Gasteiger partial charge on any atom is 0.259 e. The van der Waals surface area contributed by atoms with Gasteiger partial charge in [0.05, 0.1) is 11.6 Å². The predicted octanol–water partition coefficient (Wildman–Crippen LogP) is 3.31. The second-order valence-corrected chi connectivity index (χ2v) is 5.53. The van der Waals surface area contributed by atoms with Crippen molar-refractivity contribution in [2.75, 3.05) is 6.54 Å². The second-order valence-electron chi connectivity index (χ2n) is 4.78. The largest absolute Gasteiger partial charge is 0.334 e. The Labute approximate surface area is 110 Å². The zero-order valence-electron chi connectivity index (χ0n) is 10.5. The first-order valence-corrected chi connectivity index (χ1v) is 7.39. The van der Waals surface area contributed by atoms with Gasteiger partial charge < -0.3 is 9.84 Å². The van der Waals surface area contributed by atoms with Gasteiger partial charge in [-0.05, 0) is 37.3 Å². The maximum absolute atomic E-state index is 5.39. The highest BCUT2D eigenvalue weighted by molar-refractivity contribution is 7.08. The zero-order valence-corrected chi connectivity index (χ0v) is 11.3. The fourth-order valence-corrected chi connectivity index (χ4v) is 3.14. The van der Waals surface area contributed by atoms with Gasteiger partial charge in [-0.15, -0.1) is 0 Å². The lowest BCUT2D eigenvalue weighted by molar-refractivity contribution is 0.402. The van der Waals surface area contributed by atoms with Gasteiger partial charge in [-0.1, -0.05) is 18.0 Å². The highest BCUT2D eigenvalue weighted by Crippen LogP contribution is 2.27. The Hall–Kier alpha value is -1.20. The Morgan fingerprint density at radius 2 is 2.28 bits per heavy atom. The molecule has 0 aliphatic carbocycles. The van der Waals surface area contributed by atoms with Crippen molar-refractivity contribution in [2.45, 2.75) is 38.6 Å². The van der Waals surface area contributed by atoms with Crippen molar-refractivity contribution in [1.82, 2.24) is 15.5 Å². The molecule has 2 aromatic heterocycles. The summed E-state index contributed by atoms with van der Waals surface area (Å²) in [6.45, 7) is 3.12. The number of nitrogens with zero attached hydrogens (tertiary/aromatic N) is 2. The van der Waals surface area contributed by atoms with Crippen LogP contribution in [0.5, 0.6) is 0 Å². The molecule has 0 spiro atoms. The predicted molar refractivity (Wildman–Crippen MR) is 71.6 cm³/mol. The second kappa shape index (κ2) is 5.20. The van der Waals surface area contributed by atoms with E-state index >= 15 is 0 Å². The normalized spacial score (nSPS) is 20.8. The molecule has 1 aliphatic heterocycles. The maximum atomic E-state index is 5.39. The third-order valence-corrected chi connectivity index (χ3v) is 4.26. The summed E-state index contributed by atoms with van der Waals surface area (Å²) in [5, 5.41) is 11.8. The van der Waals surface area contributed by atoms with Crippen LogP contribution in [0.2, 0.25) is 0 Å². The van der Waals surface area contributed by atoms with Crippen LogP contribution in [-0.4, -0.2) is 16.7 Å². The smallest absolute Gasteiger partial charge is 0.259 e. The van der Waals surface area contributed by atoms with Crippen molar-refractivity contribution in [1.29, 1.82) is 0 Å². The fraction of sp³-hybridized carbons (Fsp3) is 0.538. The summed E-state index contributed by atoms with van der Waals surface area (Å²) in [5.74, 6) is 1.45. The molecule has 18 heavy (non-hydrogen) atoms. The number of nitrogens with one attached hydrogen (secondary N) is 1. The molecule has 0 bridgehead atoms. The molecule has 0 amide bonds. The van der Waals surface area contributed by atoms with Gasteiger partial charge in [-0.2, -0.15) is 16.3 Å². The lowest BCUT2D eigenvalue weighted by atomic mass is 10.1. The van der Waals surface area contributed by atoms with Crippen LogP contribution in [0.25, 0.3) is 11.5 Å². The summed E-state index contributed by atoms with van der Waals surface area (Å²) < 4.78 is 5.39. The highest BCUT2D eigenvalue weighted by atomic mass is 32.1. The first-order chi connectivity index (χ1) is 8.84. The molecule has 1 unspecified atom stereocenters. The summed E-state index contributed by atoms with van der Waals surface area (Å²) in [5.41, 5.74) is 2.26. The summed E-state index contributed by atoms with van der Waals surface area (Å²) >= 11 is 1.67. The van der Waals surface area contributed by atoms with E-state index in [0.717, 1.165) is 24.4 Å². The molecule has 1 aliphatic rings. The van der Waals surface area contributed by atoms with Crippen molar-refractivity contribution < 1.29 is 4.52 Å². The molecular weight excluding hydrogens is 246 g/mol. The molecule has 1 atom stereocenters. The lowest BCUT2D eigenvalue weighted by Crippen LogP contribution is -2.21. The van der Waals surface area contributed by atoms with E-state index in [4.69, 9.17) is 4.52 Å². The van der Waals surface area contributed by atoms with E-state index in [0.29, 0.717) is 5.89 Å². The van der Waals surface area contributed by atoms with Crippen molar-refractivity contribution in [2.24, 2.45) is 0 Å². The monoisotopic (exact) mass is 263 g/mol. The Kier molecular flexibility index (Phi) is 3.43. The molecule has 3 rings (SSSR count). The molecule has 4 nitrogen and oxygen atoms in total. The molecule has 96 valence electrons. The summed E-state index contributed by atoms with van der Waals surface area (Å²) in [6, 6.07) is 0.254. The van der Waals surface area contributed by atoms with Crippen LogP contribution in [0.4, 0.5) is 0 Å². The third-order valence-electron chi connectivity index (χ3n) is 3.40. The van der Waals surface area contributed by atoms with Gasteiger partial charge in [0.25, 0.3) is 5.89 Å². The fourth-order valence-electron chi connectivity index (χ4n) is 2.31. The Balaban J connectivity index is 1.82. The topological polar surface area (TPSA) is 51.0 Å². The van der Waals surface area contributed by atoms with Gasteiger partial charge in [-0.3, -0.25) is 0 Å². The van der Waals surface area contributed by atoms with Gasteiger partial charge in [0.2, 0.25) is 0 Å². The number of hydrogen-bond acceptors (Lipinski definition) is 5. The minimum Gasteiger partial charge on any atom is -0.334 e. The van der Waals surface area contributed by atoms with E-state index in [2.05, 4.69) is 33.1 Å². The van der Waals surface area contributed by atoms with Crippen molar-refractivity contribution in [3.63, 3.8) is 0 Å². The van der Waals surface area contributed by atoms with E-state index < -0.39 is 0 Å². The van der Waals surface area contributed by atoms with Gasteiger partial charge in [0, 0.05) is 5.38 Å². The number of hydrogen-bond donors (Lipinski definition) is 1. The van der Waals surface area contributed by atoms with Gasteiger partial charge in [0.1, 0.15) is 0 Å². The van der Waals surface area contributed by atoms with Crippen LogP contribution in [-0.2, 0) is 0 Å². The van der Waals surface area contributed by atoms with Crippen LogP contribution in [0, 0.1) is 6.92 Å². The van der Waals surface area contributed by atoms with E-state index in [1.54, 1.807) is 11.3 Å². The Morgan fingerprint density at radius 1 is 1.33 bits per heavy atom. The van der Waals surface area contributed by atoms with Crippen LogP contribution >= 0.6 is 11.3 Å². The molecule has 3 heterocycles. The molecule has 0 radical (unpaired) electrons. The minimum absolute atomic E-state index is 0.254. The van der Waals surface area contributed by atoms with Crippen molar-refractivity contribution >= 4 is 11.3 Å². The molecule has 2 aromatic rings. The number of aryl methyl sites for hydroxylation is 1. The SMILES string of the molecule is Cc1cscc1-c1nc(C2CCCCCN2)no1. The van der Waals surface area contributed by atoms with Crippen LogP contribution in [0.1, 0.15) is 43.1 Å². The van der Waals surface area contributed by atoms with Gasteiger partial charge >= 0.3 is 0 Å². The van der Waals surface area contributed by atoms with Crippen LogP contribution in [0.3, 0.4) is 0 Å². The average Bonchev–Trinajstić information content (AvgIpc) is 2.91. The standard InChI is InChI=1S/C13H17N3OS/c1-9-7-18-8-10(9)13-15-12(16-17-13)11-5-3-2-4-6-14-11/h7-8,11,14H,2-6H2,1H3. The highest BCUT2D eigenvalue weighted by Gasteiger charge is 2.20. The van der Waals surface area contributed by atoms with E-state index in [9.17, 15) is 0 Å². The first-order valence-electron chi connectivity index (χ1n) is 6.45. The van der Waals surface area contributed by atoms with E-state index in [1.165, 1.54) is 24.8 Å². The number of rotatable bonds is 2. The quantitative estimate of drug-likeness (QED) is 0.903. The minimum atomic E-state index is 0.254. The molecule has 0 aromatic carbocycles. The number of thiophene rings is 1. The molecular formula is C13H17N3OS. The third kappa shape index (κ3) is 2.33. The molecule has 1 saturated heterocycles. The molecule has 5 heteroatoms. The summed E-state index contributed by atoms with van der Waals surface area (Å²) in [4.78, 5) is 4.55. The summed E-state index contributed by atoms with van der Waals surface area (Å²) in [6.07, 6.45) is 4.86. The van der Waals surface area contributed by atoms with Crippen molar-refractivity contribution in [3.8, 4) is 11.5 Å². The van der Waals surface area contributed by atoms with Crippen molar-refractivity contribution in [3.05, 3.63) is 22.1 Å². The molecule has 1 N–H and O–H groups in total. The van der Waals surface area contributed by atoms with Gasteiger partial charge in [-0.25, -0.2) is 0 Å². The van der Waals surface area contributed by atoms with Crippen LogP contribution < -0.4 is 5.32 Å². The lowest BCUT2D eigenvalue weighted by Gasteiger charge is -2.09. The first kappa shape index (κ1) is 11.9. The Bertz CT molecular complexity index is 512.